The van der Waals surface area contributed by atoms with Crippen LogP contribution in [0.1, 0.15) is 57.9 Å². The molecule has 33 heavy (non-hydrogen) atoms. The largest absolute Gasteiger partial charge is 0.443 e. The summed E-state index contributed by atoms with van der Waals surface area (Å²) in [6.07, 6.45) is 4.52. The summed E-state index contributed by atoms with van der Waals surface area (Å²) in [5.41, 5.74) is 0.553. The van der Waals surface area contributed by atoms with Gasteiger partial charge in [-0.05, 0) is 50.0 Å². The fourth-order valence-electron chi connectivity index (χ4n) is 4.53. The Morgan fingerprint density at radius 3 is 2.48 bits per heavy atom. The van der Waals surface area contributed by atoms with Crippen molar-refractivity contribution < 1.29 is 23.9 Å². The zero-order valence-electron chi connectivity index (χ0n) is 19.5. The monoisotopic (exact) mass is 457 g/mol. The minimum absolute atomic E-state index is 0.0965. The molecule has 1 saturated carbocycles. The van der Waals surface area contributed by atoms with Crippen LogP contribution in [0.15, 0.2) is 30.3 Å². The van der Waals surface area contributed by atoms with E-state index in [-0.39, 0.29) is 24.2 Å². The van der Waals surface area contributed by atoms with Crippen LogP contribution in [-0.2, 0) is 25.5 Å². The molecule has 180 valence electrons. The first-order valence-electron chi connectivity index (χ1n) is 11.9. The highest BCUT2D eigenvalue weighted by atomic mass is 16.6. The van der Waals surface area contributed by atoms with Crippen LogP contribution in [0.4, 0.5) is 4.79 Å². The van der Waals surface area contributed by atoms with Gasteiger partial charge in [-0.3, -0.25) is 9.59 Å². The standard InChI is InChI=1S/C25H35N3O5/c1-17(2)13-21(23(31)27-20(16-29)14-19-9-12-26-22(19)30)28-24(32)33-25(10-6-11-25)15-18-7-4-3-5-8-18/h3-5,7-8,16-17,19-21H,6,9-15H2,1-2H3,(H,26,30)(H,27,31)(H,28,32)/t19-,20?,21?/m0/s1. The van der Waals surface area contributed by atoms with Gasteiger partial charge in [0, 0.05) is 18.9 Å². The number of hydrogen-bond acceptors (Lipinski definition) is 5. The van der Waals surface area contributed by atoms with Crippen molar-refractivity contribution in [3.05, 3.63) is 35.9 Å². The average Bonchev–Trinajstić information content (AvgIpc) is 3.15. The lowest BCUT2D eigenvalue weighted by Gasteiger charge is -2.41. The van der Waals surface area contributed by atoms with E-state index < -0.39 is 29.7 Å². The Hall–Kier alpha value is -2.90. The van der Waals surface area contributed by atoms with Crippen LogP contribution in [0.2, 0.25) is 0 Å². The maximum Gasteiger partial charge on any atom is 0.408 e. The van der Waals surface area contributed by atoms with E-state index >= 15 is 0 Å². The summed E-state index contributed by atoms with van der Waals surface area (Å²) in [4.78, 5) is 49.1. The molecule has 1 aliphatic heterocycles. The Morgan fingerprint density at radius 1 is 1.21 bits per heavy atom. The Morgan fingerprint density at radius 2 is 1.94 bits per heavy atom. The van der Waals surface area contributed by atoms with E-state index in [4.69, 9.17) is 4.74 Å². The number of benzene rings is 1. The maximum absolute atomic E-state index is 12.9. The lowest BCUT2D eigenvalue weighted by Crippen LogP contribution is -2.53. The van der Waals surface area contributed by atoms with Gasteiger partial charge in [-0.1, -0.05) is 44.2 Å². The lowest BCUT2D eigenvalue weighted by molar-refractivity contribution is -0.127. The zero-order chi connectivity index (χ0) is 23.8. The van der Waals surface area contributed by atoms with E-state index in [1.54, 1.807) is 0 Å². The number of hydrogen-bond donors (Lipinski definition) is 3. The summed E-state index contributed by atoms with van der Waals surface area (Å²) in [5, 5.41) is 8.16. The number of rotatable bonds is 11. The van der Waals surface area contributed by atoms with Gasteiger partial charge in [-0.25, -0.2) is 4.79 Å². The second kappa shape index (κ2) is 11.3. The van der Waals surface area contributed by atoms with Crippen molar-refractivity contribution in [1.29, 1.82) is 0 Å². The minimum atomic E-state index is -0.828. The third-order valence-electron chi connectivity index (χ3n) is 6.45. The lowest BCUT2D eigenvalue weighted by atomic mass is 9.76. The van der Waals surface area contributed by atoms with Crippen molar-refractivity contribution in [2.45, 2.75) is 76.5 Å². The molecule has 0 bridgehead atoms. The van der Waals surface area contributed by atoms with Crippen LogP contribution in [-0.4, -0.2) is 48.4 Å². The summed E-state index contributed by atoms with van der Waals surface area (Å²) in [7, 11) is 0. The molecular weight excluding hydrogens is 422 g/mol. The molecule has 1 aliphatic carbocycles. The zero-order valence-corrected chi connectivity index (χ0v) is 19.5. The van der Waals surface area contributed by atoms with Crippen LogP contribution < -0.4 is 16.0 Å². The summed E-state index contributed by atoms with van der Waals surface area (Å²) in [5.74, 6) is -0.695. The van der Waals surface area contributed by atoms with Crippen LogP contribution in [0.3, 0.4) is 0 Å². The number of nitrogens with one attached hydrogen (secondary N) is 3. The summed E-state index contributed by atoms with van der Waals surface area (Å²) >= 11 is 0. The molecule has 0 radical (unpaired) electrons. The normalized spacial score (nSPS) is 20.8. The number of carbonyl (C=O) groups is 4. The molecule has 3 N–H and O–H groups in total. The van der Waals surface area contributed by atoms with E-state index in [1.807, 2.05) is 44.2 Å². The predicted octanol–water partition coefficient (Wildman–Crippen LogP) is 2.50. The molecule has 1 aromatic rings. The van der Waals surface area contributed by atoms with Gasteiger partial charge in [0.05, 0.1) is 6.04 Å². The van der Waals surface area contributed by atoms with Gasteiger partial charge in [-0.15, -0.1) is 0 Å². The van der Waals surface area contributed by atoms with E-state index in [0.29, 0.717) is 32.1 Å². The van der Waals surface area contributed by atoms with Crippen LogP contribution >= 0.6 is 0 Å². The van der Waals surface area contributed by atoms with Crippen molar-refractivity contribution in [2.24, 2.45) is 11.8 Å². The third kappa shape index (κ3) is 7.04. The predicted molar refractivity (Wildman–Crippen MR) is 123 cm³/mol. The maximum atomic E-state index is 12.9. The Balaban J connectivity index is 1.59. The summed E-state index contributed by atoms with van der Waals surface area (Å²) in [6, 6.07) is 8.29. The first-order valence-corrected chi connectivity index (χ1v) is 11.9. The molecule has 0 aromatic heterocycles. The van der Waals surface area contributed by atoms with Crippen LogP contribution in [0.25, 0.3) is 0 Å². The fourth-order valence-corrected chi connectivity index (χ4v) is 4.53. The van der Waals surface area contributed by atoms with E-state index in [2.05, 4.69) is 16.0 Å². The highest BCUT2D eigenvalue weighted by Crippen LogP contribution is 2.38. The highest BCUT2D eigenvalue weighted by molar-refractivity contribution is 5.88. The van der Waals surface area contributed by atoms with Crippen LogP contribution in [0.5, 0.6) is 0 Å². The molecule has 2 unspecified atom stereocenters. The first-order chi connectivity index (χ1) is 15.8. The Bertz CT molecular complexity index is 838. The molecule has 3 amide bonds. The van der Waals surface area contributed by atoms with Gasteiger partial charge in [0.1, 0.15) is 17.9 Å². The molecule has 8 heteroatoms. The first kappa shape index (κ1) is 24.7. The number of amides is 3. The highest BCUT2D eigenvalue weighted by Gasteiger charge is 2.41. The Kier molecular flexibility index (Phi) is 8.47. The van der Waals surface area contributed by atoms with Crippen molar-refractivity contribution in [1.82, 2.24) is 16.0 Å². The topological polar surface area (TPSA) is 114 Å². The van der Waals surface area contributed by atoms with Gasteiger partial charge in [0.25, 0.3) is 0 Å². The molecule has 3 atom stereocenters. The van der Waals surface area contributed by atoms with Crippen molar-refractivity contribution in [3.8, 4) is 0 Å². The Labute approximate surface area is 195 Å². The van der Waals surface area contributed by atoms with Gasteiger partial charge in [0.15, 0.2) is 0 Å². The molecule has 2 aliphatic rings. The molecule has 3 rings (SSSR count). The SMILES string of the molecule is CC(C)CC(NC(=O)OC1(Cc2ccccc2)CCC1)C(=O)NC(C=O)C[C@@H]1CCNC1=O. The summed E-state index contributed by atoms with van der Waals surface area (Å²) in [6.45, 7) is 4.49. The van der Waals surface area contributed by atoms with Gasteiger partial charge >= 0.3 is 6.09 Å². The van der Waals surface area contributed by atoms with E-state index in [9.17, 15) is 19.2 Å². The number of ether oxygens (including phenoxy) is 1. The molecule has 1 heterocycles. The van der Waals surface area contributed by atoms with Gasteiger partial charge < -0.3 is 25.5 Å². The number of alkyl carbamates (subject to hydrolysis) is 1. The van der Waals surface area contributed by atoms with Gasteiger partial charge in [0.2, 0.25) is 11.8 Å². The van der Waals surface area contributed by atoms with E-state index in [0.717, 1.165) is 24.8 Å². The molecule has 0 spiro atoms. The number of aldehydes is 1. The van der Waals surface area contributed by atoms with Crippen LogP contribution in [0, 0.1) is 11.8 Å². The summed E-state index contributed by atoms with van der Waals surface area (Å²) < 4.78 is 5.84. The molecular formula is C25H35N3O5. The third-order valence-corrected chi connectivity index (χ3v) is 6.45. The number of carbonyl (C=O) groups excluding carboxylic acids is 4. The molecule has 1 saturated heterocycles. The van der Waals surface area contributed by atoms with Crippen molar-refractivity contribution in [3.63, 3.8) is 0 Å². The average molecular weight is 458 g/mol. The van der Waals surface area contributed by atoms with Crippen molar-refractivity contribution in [2.75, 3.05) is 6.54 Å². The molecule has 8 nitrogen and oxygen atoms in total. The second-order valence-corrected chi connectivity index (χ2v) is 9.68. The minimum Gasteiger partial charge on any atom is -0.443 e. The second-order valence-electron chi connectivity index (χ2n) is 9.68. The molecule has 1 aromatic carbocycles. The quantitative estimate of drug-likeness (QED) is 0.442. The van der Waals surface area contributed by atoms with Crippen molar-refractivity contribution >= 4 is 24.2 Å². The smallest absolute Gasteiger partial charge is 0.408 e. The molecule has 2 fully saturated rings. The fraction of sp³-hybridized carbons (Fsp3) is 0.600. The van der Waals surface area contributed by atoms with Gasteiger partial charge in [-0.2, -0.15) is 0 Å². The van der Waals surface area contributed by atoms with E-state index in [1.165, 1.54) is 0 Å².